The molecule has 25 heavy (non-hydrogen) atoms. The minimum Gasteiger partial charge on any atom is -0.497 e. The summed E-state index contributed by atoms with van der Waals surface area (Å²) < 4.78 is 6.84. The molecule has 0 unspecified atom stereocenters. The van der Waals surface area contributed by atoms with Crippen molar-refractivity contribution in [2.45, 2.75) is 18.5 Å². The third kappa shape index (κ3) is 4.08. The lowest BCUT2D eigenvalue weighted by Crippen LogP contribution is -2.25. The highest BCUT2D eigenvalue weighted by Crippen LogP contribution is 2.22. The molecule has 0 saturated carbocycles. The highest BCUT2D eigenvalue weighted by Gasteiger charge is 2.11. The van der Waals surface area contributed by atoms with Crippen molar-refractivity contribution in [3.63, 3.8) is 0 Å². The van der Waals surface area contributed by atoms with Gasteiger partial charge in [-0.1, -0.05) is 18.7 Å². The average Bonchev–Trinajstić information content (AvgIpc) is 3.07. The van der Waals surface area contributed by atoms with E-state index in [-0.39, 0.29) is 11.7 Å². The molecule has 0 atom stereocenters. The van der Waals surface area contributed by atoms with E-state index in [4.69, 9.17) is 4.74 Å². The monoisotopic (exact) mass is 357 g/mol. The van der Waals surface area contributed by atoms with Crippen LogP contribution in [0.3, 0.4) is 0 Å². The van der Waals surface area contributed by atoms with Gasteiger partial charge in [-0.2, -0.15) is 9.61 Å². The molecule has 0 aliphatic heterocycles. The van der Waals surface area contributed by atoms with Gasteiger partial charge in [-0.3, -0.25) is 4.79 Å². The minimum absolute atomic E-state index is 0.0186. The molecule has 0 aliphatic carbocycles. The van der Waals surface area contributed by atoms with Gasteiger partial charge in [0.05, 0.1) is 18.6 Å². The number of hydrogen-bond donors (Lipinski definition) is 1. The summed E-state index contributed by atoms with van der Waals surface area (Å²) in [7, 11) is 1.64. The molecule has 130 valence electrons. The Morgan fingerprint density at radius 2 is 2.00 bits per heavy atom. The number of amides is 1. The molecule has 0 radical (unpaired) electrons. The largest absolute Gasteiger partial charge is 0.497 e. The first-order valence-corrected chi connectivity index (χ1v) is 8.96. The summed E-state index contributed by atoms with van der Waals surface area (Å²) in [6.45, 7) is 2.70. The van der Waals surface area contributed by atoms with Crippen molar-refractivity contribution in [2.24, 2.45) is 0 Å². The van der Waals surface area contributed by atoms with E-state index in [1.54, 1.807) is 11.6 Å². The Labute approximate surface area is 149 Å². The third-order valence-electron chi connectivity index (χ3n) is 3.52. The number of nitrogens with one attached hydrogen (secondary N) is 1. The van der Waals surface area contributed by atoms with Gasteiger partial charge in [0.1, 0.15) is 5.75 Å². The number of nitrogens with zero attached hydrogens (tertiary/aromatic N) is 4. The maximum atomic E-state index is 11.8. The topological polar surface area (TPSA) is 81.4 Å². The van der Waals surface area contributed by atoms with Crippen LogP contribution in [0.5, 0.6) is 5.75 Å². The van der Waals surface area contributed by atoms with E-state index in [1.807, 2.05) is 43.3 Å². The molecule has 7 nitrogen and oxygen atoms in total. The fourth-order valence-corrected chi connectivity index (χ4v) is 2.94. The molecular weight excluding hydrogens is 338 g/mol. The maximum Gasteiger partial charge on any atom is 0.230 e. The lowest BCUT2D eigenvalue weighted by Gasteiger charge is -2.05. The lowest BCUT2D eigenvalue weighted by atomic mass is 10.1. The number of thioether (sulfide) groups is 1. The fraction of sp³-hybridized carbons (Fsp3) is 0.294. The zero-order chi connectivity index (χ0) is 17.6. The van der Waals surface area contributed by atoms with Crippen molar-refractivity contribution in [3.05, 3.63) is 36.4 Å². The number of carbonyl (C=O) groups excluding carboxylic acids is 1. The number of aromatic nitrogens is 4. The standard InChI is InChI=1S/C17H19N5O2S/c1-3-10-18-16(23)11-25-17-20-19-15-9-8-14(21-22(15)17)12-4-6-13(24-2)7-5-12/h4-9H,3,10-11H2,1-2H3,(H,18,23). The van der Waals surface area contributed by atoms with Crippen LogP contribution in [-0.2, 0) is 4.79 Å². The Hall–Kier alpha value is -2.61. The van der Waals surface area contributed by atoms with E-state index in [0.29, 0.717) is 17.3 Å². The van der Waals surface area contributed by atoms with Crippen LogP contribution < -0.4 is 10.1 Å². The molecule has 0 aliphatic rings. The van der Waals surface area contributed by atoms with Crippen LogP contribution in [-0.4, -0.2) is 45.1 Å². The Kier molecular flexibility index (Phi) is 5.49. The summed E-state index contributed by atoms with van der Waals surface area (Å²) in [4.78, 5) is 11.8. The van der Waals surface area contributed by atoms with Crippen molar-refractivity contribution >= 4 is 23.3 Å². The molecule has 1 amide bonds. The van der Waals surface area contributed by atoms with Crippen LogP contribution in [0.2, 0.25) is 0 Å². The Morgan fingerprint density at radius 3 is 2.72 bits per heavy atom. The molecular formula is C17H19N5O2S. The lowest BCUT2D eigenvalue weighted by molar-refractivity contribution is -0.118. The number of fused-ring (bicyclic) bond motifs is 1. The first kappa shape index (κ1) is 17.2. The highest BCUT2D eigenvalue weighted by atomic mass is 32.2. The van der Waals surface area contributed by atoms with Gasteiger partial charge >= 0.3 is 0 Å². The SMILES string of the molecule is CCCNC(=O)CSc1nnc2ccc(-c3ccc(OC)cc3)nn12. The second kappa shape index (κ2) is 7.98. The Bertz CT molecular complexity index is 863. The molecule has 1 N–H and O–H groups in total. The van der Waals surface area contributed by atoms with Gasteiger partial charge in [-0.15, -0.1) is 10.2 Å². The van der Waals surface area contributed by atoms with Crippen LogP contribution in [0.1, 0.15) is 13.3 Å². The summed E-state index contributed by atoms with van der Waals surface area (Å²) in [5.41, 5.74) is 2.41. The van der Waals surface area contributed by atoms with Gasteiger partial charge < -0.3 is 10.1 Å². The third-order valence-corrected chi connectivity index (χ3v) is 4.44. The van der Waals surface area contributed by atoms with E-state index in [2.05, 4.69) is 20.6 Å². The molecule has 3 rings (SSSR count). The molecule has 0 saturated heterocycles. The van der Waals surface area contributed by atoms with Crippen molar-refractivity contribution in [1.29, 1.82) is 0 Å². The van der Waals surface area contributed by atoms with Gasteiger partial charge in [0.2, 0.25) is 11.1 Å². The van der Waals surface area contributed by atoms with Crippen molar-refractivity contribution in [1.82, 2.24) is 25.1 Å². The second-order valence-corrected chi connectivity index (χ2v) is 6.28. The van der Waals surface area contributed by atoms with Crippen molar-refractivity contribution in [2.75, 3.05) is 19.4 Å². The normalized spacial score (nSPS) is 10.8. The van der Waals surface area contributed by atoms with Gasteiger partial charge in [0.25, 0.3) is 0 Å². The zero-order valence-electron chi connectivity index (χ0n) is 14.1. The van der Waals surface area contributed by atoms with Gasteiger partial charge in [-0.05, 0) is 42.8 Å². The molecule has 0 bridgehead atoms. The summed E-state index contributed by atoms with van der Waals surface area (Å²) in [5.74, 6) is 1.06. The molecule has 3 aromatic rings. The minimum atomic E-state index is -0.0186. The molecule has 2 heterocycles. The van der Waals surface area contributed by atoms with E-state index in [9.17, 15) is 4.79 Å². The molecule has 2 aromatic heterocycles. The Morgan fingerprint density at radius 1 is 1.20 bits per heavy atom. The summed E-state index contributed by atoms with van der Waals surface area (Å²) in [6, 6.07) is 11.4. The quantitative estimate of drug-likeness (QED) is 0.654. The van der Waals surface area contributed by atoms with Gasteiger partial charge in [0, 0.05) is 12.1 Å². The van der Waals surface area contributed by atoms with Crippen molar-refractivity contribution in [3.8, 4) is 17.0 Å². The summed E-state index contributed by atoms with van der Waals surface area (Å²) in [5, 5.41) is 16.3. The molecule has 0 spiro atoms. The van der Waals surface area contributed by atoms with E-state index in [0.717, 1.165) is 23.4 Å². The predicted octanol–water partition coefficient (Wildman–Crippen LogP) is 2.42. The molecule has 1 aromatic carbocycles. The molecule has 8 heteroatoms. The van der Waals surface area contributed by atoms with Gasteiger partial charge in [0.15, 0.2) is 5.65 Å². The first-order valence-electron chi connectivity index (χ1n) is 7.97. The zero-order valence-corrected chi connectivity index (χ0v) is 14.9. The van der Waals surface area contributed by atoms with Crippen molar-refractivity contribution < 1.29 is 9.53 Å². The van der Waals surface area contributed by atoms with Crippen LogP contribution in [0.4, 0.5) is 0 Å². The number of hydrogen-bond acceptors (Lipinski definition) is 6. The Balaban J connectivity index is 1.80. The number of ether oxygens (including phenoxy) is 1. The summed E-state index contributed by atoms with van der Waals surface area (Å²) in [6.07, 6.45) is 0.914. The van der Waals surface area contributed by atoms with Crippen LogP contribution in [0.15, 0.2) is 41.6 Å². The first-order chi connectivity index (χ1) is 12.2. The fourth-order valence-electron chi connectivity index (χ4n) is 2.22. The van der Waals surface area contributed by atoms with E-state index >= 15 is 0 Å². The summed E-state index contributed by atoms with van der Waals surface area (Å²) >= 11 is 1.32. The number of rotatable bonds is 7. The van der Waals surface area contributed by atoms with Crippen LogP contribution in [0.25, 0.3) is 16.9 Å². The second-order valence-electron chi connectivity index (χ2n) is 5.34. The maximum absolute atomic E-state index is 11.8. The smallest absolute Gasteiger partial charge is 0.230 e. The number of carbonyl (C=O) groups is 1. The highest BCUT2D eigenvalue weighted by molar-refractivity contribution is 7.99. The van der Waals surface area contributed by atoms with E-state index < -0.39 is 0 Å². The van der Waals surface area contributed by atoms with E-state index in [1.165, 1.54) is 11.8 Å². The number of benzene rings is 1. The number of methoxy groups -OCH3 is 1. The average molecular weight is 357 g/mol. The molecule has 0 fully saturated rings. The van der Waals surface area contributed by atoms with Crippen LogP contribution >= 0.6 is 11.8 Å². The predicted molar refractivity (Wildman–Crippen MR) is 96.8 cm³/mol. The van der Waals surface area contributed by atoms with Gasteiger partial charge in [-0.25, -0.2) is 0 Å². The van der Waals surface area contributed by atoms with Crippen LogP contribution in [0, 0.1) is 0 Å².